The van der Waals surface area contributed by atoms with Gasteiger partial charge >= 0.3 is 0 Å². The summed E-state index contributed by atoms with van der Waals surface area (Å²) >= 11 is 3.45. The van der Waals surface area contributed by atoms with E-state index in [1.54, 1.807) is 25.6 Å². The Morgan fingerprint density at radius 3 is 2.93 bits per heavy atom. The van der Waals surface area contributed by atoms with Gasteiger partial charge in [0.05, 0.1) is 11.6 Å². The number of amides is 1. The molecule has 4 aromatic rings. The van der Waals surface area contributed by atoms with Crippen LogP contribution >= 0.6 is 15.9 Å². The summed E-state index contributed by atoms with van der Waals surface area (Å²) in [6.45, 7) is 0.338. The van der Waals surface area contributed by atoms with Crippen LogP contribution in [0, 0.1) is 0 Å². The molecule has 0 saturated carbocycles. The molecule has 0 fully saturated rings. The molecule has 0 aliphatic heterocycles. The van der Waals surface area contributed by atoms with Crippen molar-refractivity contribution < 1.29 is 9.53 Å². The minimum Gasteiger partial charge on any atom is -0.495 e. The maximum Gasteiger partial charge on any atom is 0.270 e. The first-order chi connectivity index (χ1) is 13.7. The van der Waals surface area contributed by atoms with E-state index in [9.17, 15) is 4.79 Å². The second kappa shape index (κ2) is 7.82. The third-order valence-electron chi connectivity index (χ3n) is 4.42. The molecule has 0 saturated heterocycles. The van der Waals surface area contributed by atoms with Crippen molar-refractivity contribution in [3.8, 4) is 16.9 Å². The molecule has 7 heteroatoms. The maximum atomic E-state index is 12.6. The number of methoxy groups -OCH3 is 1. The van der Waals surface area contributed by atoms with Crippen molar-refractivity contribution in [2.45, 2.75) is 6.54 Å². The van der Waals surface area contributed by atoms with Crippen molar-refractivity contribution >= 4 is 32.9 Å². The maximum absolute atomic E-state index is 12.6. The van der Waals surface area contributed by atoms with Gasteiger partial charge in [0.15, 0.2) is 0 Å². The third-order valence-corrected chi connectivity index (χ3v) is 5.04. The molecule has 0 aliphatic carbocycles. The Bertz CT molecular complexity index is 1160. The lowest BCUT2D eigenvalue weighted by Gasteiger charge is -2.11. The summed E-state index contributed by atoms with van der Waals surface area (Å²) in [5.41, 5.74) is 3.87. The van der Waals surface area contributed by atoms with Crippen LogP contribution in [0.15, 0.2) is 65.5 Å². The number of H-pyrrole nitrogens is 1. The van der Waals surface area contributed by atoms with Crippen LogP contribution in [0.2, 0.25) is 0 Å². The van der Waals surface area contributed by atoms with Crippen LogP contribution in [0.1, 0.15) is 16.1 Å². The van der Waals surface area contributed by atoms with E-state index in [1.165, 1.54) is 0 Å². The van der Waals surface area contributed by atoms with Gasteiger partial charge in [-0.1, -0.05) is 12.1 Å². The van der Waals surface area contributed by atoms with Crippen LogP contribution < -0.4 is 10.1 Å². The Morgan fingerprint density at radius 2 is 2.07 bits per heavy atom. The lowest BCUT2D eigenvalue weighted by molar-refractivity contribution is 0.0945. The van der Waals surface area contributed by atoms with Gasteiger partial charge in [-0.05, 0) is 51.8 Å². The number of nitrogens with one attached hydrogen (secondary N) is 2. The van der Waals surface area contributed by atoms with Gasteiger partial charge in [0.1, 0.15) is 17.1 Å². The summed E-state index contributed by atoms with van der Waals surface area (Å²) in [6, 6.07) is 13.3. The van der Waals surface area contributed by atoms with E-state index in [0.29, 0.717) is 18.0 Å². The van der Waals surface area contributed by atoms with E-state index in [4.69, 9.17) is 4.74 Å². The number of rotatable bonds is 5. The molecule has 0 radical (unpaired) electrons. The van der Waals surface area contributed by atoms with Gasteiger partial charge < -0.3 is 15.0 Å². The Kier molecular flexibility index (Phi) is 5.08. The Balaban J connectivity index is 1.54. The van der Waals surface area contributed by atoms with E-state index in [0.717, 1.165) is 32.2 Å². The highest BCUT2D eigenvalue weighted by Gasteiger charge is 2.12. The number of halogens is 1. The van der Waals surface area contributed by atoms with Gasteiger partial charge in [-0.25, -0.2) is 4.98 Å². The SMILES string of the molecule is COc1c(Br)cccc1CNC(=O)c1cc(-c2cnc3[nH]ccc3c2)ccn1. The molecule has 3 heterocycles. The smallest absolute Gasteiger partial charge is 0.270 e. The van der Waals surface area contributed by atoms with E-state index in [1.807, 2.05) is 42.6 Å². The van der Waals surface area contributed by atoms with Crippen molar-refractivity contribution in [3.05, 3.63) is 76.8 Å². The number of nitrogens with zero attached hydrogens (tertiary/aromatic N) is 2. The number of fused-ring (bicyclic) bond motifs is 1. The molecule has 0 unspecified atom stereocenters. The monoisotopic (exact) mass is 436 g/mol. The number of carbonyl (C=O) groups is 1. The molecule has 2 N–H and O–H groups in total. The van der Waals surface area contributed by atoms with E-state index in [2.05, 4.69) is 36.2 Å². The molecule has 0 aliphatic rings. The molecule has 0 bridgehead atoms. The van der Waals surface area contributed by atoms with E-state index in [-0.39, 0.29) is 5.91 Å². The first kappa shape index (κ1) is 18.2. The molecule has 3 aromatic heterocycles. The molecule has 1 aromatic carbocycles. The van der Waals surface area contributed by atoms with Gasteiger partial charge in [-0.2, -0.15) is 0 Å². The normalized spacial score (nSPS) is 10.8. The molecule has 1 amide bonds. The molecule has 28 heavy (non-hydrogen) atoms. The first-order valence-corrected chi connectivity index (χ1v) is 9.44. The van der Waals surface area contributed by atoms with Crippen LogP contribution in [0.3, 0.4) is 0 Å². The molecule has 0 spiro atoms. The van der Waals surface area contributed by atoms with Gasteiger partial charge in [0.2, 0.25) is 0 Å². The molecule has 4 rings (SSSR count). The van der Waals surface area contributed by atoms with Gasteiger partial charge in [0, 0.05) is 41.6 Å². The zero-order valence-corrected chi connectivity index (χ0v) is 16.7. The Morgan fingerprint density at radius 1 is 1.18 bits per heavy atom. The minimum absolute atomic E-state index is 0.250. The highest BCUT2D eigenvalue weighted by molar-refractivity contribution is 9.10. The fourth-order valence-corrected chi connectivity index (χ4v) is 3.59. The van der Waals surface area contributed by atoms with Gasteiger partial charge in [0.25, 0.3) is 5.91 Å². The summed E-state index contributed by atoms with van der Waals surface area (Å²) in [6.07, 6.45) is 5.26. The summed E-state index contributed by atoms with van der Waals surface area (Å²) in [7, 11) is 1.60. The number of benzene rings is 1. The average molecular weight is 437 g/mol. The van der Waals surface area contributed by atoms with Crippen molar-refractivity contribution in [1.82, 2.24) is 20.3 Å². The number of ether oxygens (including phenoxy) is 1. The van der Waals surface area contributed by atoms with Crippen molar-refractivity contribution in [3.63, 3.8) is 0 Å². The van der Waals surface area contributed by atoms with Crippen LogP contribution in [0.5, 0.6) is 5.75 Å². The van der Waals surface area contributed by atoms with Crippen LogP contribution in [-0.2, 0) is 6.54 Å². The first-order valence-electron chi connectivity index (χ1n) is 8.65. The lowest BCUT2D eigenvalue weighted by Crippen LogP contribution is -2.24. The number of pyridine rings is 2. The minimum atomic E-state index is -0.250. The highest BCUT2D eigenvalue weighted by atomic mass is 79.9. The predicted octanol–water partition coefficient (Wildman–Crippen LogP) is 4.33. The number of aromatic nitrogens is 3. The summed E-state index contributed by atoms with van der Waals surface area (Å²) in [5, 5.41) is 3.91. The standard InChI is InChI=1S/C21H17BrN4O2/c1-28-19-15(3-2-4-17(19)22)11-26-21(27)18-10-13(5-7-23-18)16-9-14-6-8-24-20(14)25-12-16/h2-10,12H,11H2,1H3,(H,24,25)(H,26,27). The number of aromatic amines is 1. The highest BCUT2D eigenvalue weighted by Crippen LogP contribution is 2.28. The Hall–Kier alpha value is -3.19. The second-order valence-corrected chi connectivity index (χ2v) is 7.04. The number of para-hydroxylation sites is 1. The van der Waals surface area contributed by atoms with Crippen LogP contribution in [0.25, 0.3) is 22.2 Å². The second-order valence-electron chi connectivity index (χ2n) is 6.18. The van der Waals surface area contributed by atoms with Crippen LogP contribution in [-0.4, -0.2) is 28.0 Å². The van der Waals surface area contributed by atoms with Crippen molar-refractivity contribution in [2.75, 3.05) is 7.11 Å². The topological polar surface area (TPSA) is 79.9 Å². The average Bonchev–Trinajstić information content (AvgIpc) is 3.20. The largest absolute Gasteiger partial charge is 0.495 e. The molecule has 0 atom stereocenters. The summed E-state index contributed by atoms with van der Waals surface area (Å²) in [5.74, 6) is 0.454. The molecular formula is C21H17BrN4O2. The number of carbonyl (C=O) groups excluding carboxylic acids is 1. The Labute approximate surface area is 170 Å². The van der Waals surface area contributed by atoms with Gasteiger partial charge in [-0.15, -0.1) is 0 Å². The predicted molar refractivity (Wildman–Crippen MR) is 111 cm³/mol. The number of hydrogen-bond donors (Lipinski definition) is 2. The van der Waals surface area contributed by atoms with Crippen molar-refractivity contribution in [1.29, 1.82) is 0 Å². The number of hydrogen-bond acceptors (Lipinski definition) is 4. The summed E-state index contributed by atoms with van der Waals surface area (Å²) < 4.78 is 6.24. The zero-order valence-electron chi connectivity index (χ0n) is 15.1. The van der Waals surface area contributed by atoms with E-state index >= 15 is 0 Å². The molecule has 6 nitrogen and oxygen atoms in total. The lowest BCUT2D eigenvalue weighted by atomic mass is 10.1. The van der Waals surface area contributed by atoms with Crippen LogP contribution in [0.4, 0.5) is 0 Å². The fraction of sp³-hybridized carbons (Fsp3) is 0.0952. The zero-order chi connectivity index (χ0) is 19.5. The molecule has 140 valence electrons. The van der Waals surface area contributed by atoms with Gasteiger partial charge in [-0.3, -0.25) is 9.78 Å². The summed E-state index contributed by atoms with van der Waals surface area (Å²) in [4.78, 5) is 24.3. The fourth-order valence-electron chi connectivity index (χ4n) is 3.02. The van der Waals surface area contributed by atoms with Crippen molar-refractivity contribution in [2.24, 2.45) is 0 Å². The van der Waals surface area contributed by atoms with E-state index < -0.39 is 0 Å². The third kappa shape index (κ3) is 3.61. The quantitative estimate of drug-likeness (QED) is 0.487. The molecular weight excluding hydrogens is 420 g/mol.